The number of nitro benzene ring substituents is 1. The molecule has 0 aromatic heterocycles. The Kier molecular flexibility index (Phi) is 3.99. The van der Waals surface area contributed by atoms with Crippen molar-refractivity contribution >= 4 is 27.3 Å². The zero-order valence-electron chi connectivity index (χ0n) is 10.1. The molecule has 0 amide bonds. The lowest BCUT2D eigenvalue weighted by atomic mass is 10.1. The molecule has 0 aliphatic rings. The van der Waals surface area contributed by atoms with Gasteiger partial charge in [-0.15, -0.1) is 0 Å². The molecular formula is C10H13ClN2O4S. The first-order valence-electron chi connectivity index (χ1n) is 5.01. The van der Waals surface area contributed by atoms with Gasteiger partial charge in [-0.1, -0.05) is 11.6 Å². The van der Waals surface area contributed by atoms with Gasteiger partial charge in [0.2, 0.25) is 10.0 Å². The molecule has 0 unspecified atom stereocenters. The normalized spacial score (nSPS) is 12.4. The van der Waals surface area contributed by atoms with Crippen molar-refractivity contribution in [2.24, 2.45) is 0 Å². The maximum absolute atomic E-state index is 12.0. The van der Waals surface area contributed by atoms with E-state index in [0.29, 0.717) is 0 Å². The van der Waals surface area contributed by atoms with Gasteiger partial charge in [-0.2, -0.15) is 0 Å². The van der Waals surface area contributed by atoms with E-state index in [9.17, 15) is 18.5 Å². The van der Waals surface area contributed by atoms with E-state index in [2.05, 4.69) is 4.72 Å². The van der Waals surface area contributed by atoms with Crippen molar-refractivity contribution in [2.45, 2.75) is 31.2 Å². The van der Waals surface area contributed by atoms with Crippen molar-refractivity contribution in [3.05, 3.63) is 33.3 Å². The first-order valence-corrected chi connectivity index (χ1v) is 6.87. The van der Waals surface area contributed by atoms with Crippen LogP contribution in [0.3, 0.4) is 0 Å². The van der Waals surface area contributed by atoms with Crippen LogP contribution in [-0.2, 0) is 10.0 Å². The predicted molar refractivity (Wildman–Crippen MR) is 68.2 cm³/mol. The van der Waals surface area contributed by atoms with Crippen LogP contribution in [0.25, 0.3) is 0 Å². The van der Waals surface area contributed by atoms with Gasteiger partial charge in [-0.05, 0) is 26.8 Å². The second-order valence-corrected chi connectivity index (χ2v) is 6.79. The fourth-order valence-corrected chi connectivity index (χ4v) is 3.24. The lowest BCUT2D eigenvalue weighted by Crippen LogP contribution is -2.40. The van der Waals surface area contributed by atoms with E-state index >= 15 is 0 Å². The minimum Gasteiger partial charge on any atom is -0.258 e. The first-order chi connectivity index (χ1) is 8.03. The summed E-state index contributed by atoms with van der Waals surface area (Å²) in [6, 6.07) is 3.23. The van der Waals surface area contributed by atoms with Crippen molar-refractivity contribution < 1.29 is 13.3 Å². The summed E-state index contributed by atoms with van der Waals surface area (Å²) >= 11 is 5.76. The number of sulfonamides is 1. The molecule has 0 aliphatic heterocycles. The van der Waals surface area contributed by atoms with Gasteiger partial charge >= 0.3 is 0 Å². The highest BCUT2D eigenvalue weighted by Gasteiger charge is 2.25. The summed E-state index contributed by atoms with van der Waals surface area (Å²) in [6.45, 7) is 5.05. The molecule has 0 saturated heterocycles. The highest BCUT2D eigenvalue weighted by molar-refractivity contribution is 7.89. The number of nitrogens with one attached hydrogen (secondary N) is 1. The number of rotatable bonds is 3. The van der Waals surface area contributed by atoms with Crippen molar-refractivity contribution in [2.75, 3.05) is 0 Å². The fraction of sp³-hybridized carbons (Fsp3) is 0.400. The van der Waals surface area contributed by atoms with Crippen LogP contribution in [0.1, 0.15) is 20.8 Å². The van der Waals surface area contributed by atoms with E-state index in [0.717, 1.165) is 18.2 Å². The second kappa shape index (κ2) is 4.83. The SMILES string of the molecule is CC(C)(C)NS(=O)(=O)c1ccc([N+](=O)[O-])cc1Cl. The zero-order valence-corrected chi connectivity index (χ0v) is 11.7. The molecule has 100 valence electrons. The summed E-state index contributed by atoms with van der Waals surface area (Å²) in [5.41, 5.74) is -0.918. The molecule has 18 heavy (non-hydrogen) atoms. The molecule has 6 nitrogen and oxygen atoms in total. The topological polar surface area (TPSA) is 89.3 Å². The molecule has 1 rings (SSSR count). The van der Waals surface area contributed by atoms with E-state index in [-0.39, 0.29) is 15.6 Å². The average molecular weight is 293 g/mol. The molecule has 0 fully saturated rings. The molecule has 1 aromatic rings. The number of halogens is 1. The van der Waals surface area contributed by atoms with E-state index in [4.69, 9.17) is 11.6 Å². The Morgan fingerprint density at radius 1 is 1.33 bits per heavy atom. The van der Waals surface area contributed by atoms with Crippen molar-refractivity contribution in [3.63, 3.8) is 0 Å². The number of nitro groups is 1. The molecule has 0 spiro atoms. The van der Waals surface area contributed by atoms with Gasteiger partial charge in [0.1, 0.15) is 4.90 Å². The van der Waals surface area contributed by atoms with E-state index in [1.165, 1.54) is 0 Å². The molecule has 1 aromatic carbocycles. The Morgan fingerprint density at radius 3 is 2.28 bits per heavy atom. The van der Waals surface area contributed by atoms with Crippen LogP contribution < -0.4 is 4.72 Å². The first kappa shape index (κ1) is 14.9. The van der Waals surface area contributed by atoms with Crippen LogP contribution in [-0.4, -0.2) is 18.9 Å². The highest BCUT2D eigenvalue weighted by Crippen LogP contribution is 2.26. The van der Waals surface area contributed by atoms with Crippen molar-refractivity contribution in [1.82, 2.24) is 4.72 Å². The molecule has 0 heterocycles. The molecule has 0 bridgehead atoms. The number of benzene rings is 1. The Balaban J connectivity index is 3.23. The molecule has 0 atom stereocenters. The van der Waals surface area contributed by atoms with E-state index < -0.39 is 20.5 Å². The summed E-state index contributed by atoms with van der Waals surface area (Å²) in [4.78, 5) is 9.71. The van der Waals surface area contributed by atoms with Gasteiger partial charge < -0.3 is 0 Å². The van der Waals surface area contributed by atoms with Crippen LogP contribution in [0.4, 0.5) is 5.69 Å². The summed E-state index contributed by atoms with van der Waals surface area (Å²) in [6.07, 6.45) is 0. The predicted octanol–water partition coefficient (Wildman–Crippen LogP) is 2.33. The van der Waals surface area contributed by atoms with Crippen LogP contribution in [0.15, 0.2) is 23.1 Å². The van der Waals surface area contributed by atoms with Gasteiger partial charge in [-0.3, -0.25) is 10.1 Å². The minimum absolute atomic E-state index is 0.176. The monoisotopic (exact) mass is 292 g/mol. The van der Waals surface area contributed by atoms with Crippen LogP contribution in [0.2, 0.25) is 5.02 Å². The second-order valence-electron chi connectivity index (χ2n) is 4.73. The Morgan fingerprint density at radius 2 is 1.89 bits per heavy atom. The van der Waals surface area contributed by atoms with E-state index in [1.54, 1.807) is 20.8 Å². The zero-order chi connectivity index (χ0) is 14.1. The summed E-state index contributed by atoms with van der Waals surface area (Å²) in [5.74, 6) is 0. The van der Waals surface area contributed by atoms with E-state index in [1.807, 2.05) is 0 Å². The summed E-state index contributed by atoms with van der Waals surface area (Å²) < 4.78 is 26.4. The quantitative estimate of drug-likeness (QED) is 0.684. The standard InChI is InChI=1S/C10H13ClN2O4S/c1-10(2,3)12-18(16,17)9-5-4-7(13(14)15)6-8(9)11/h4-6,12H,1-3H3. The largest absolute Gasteiger partial charge is 0.271 e. The van der Waals surface area contributed by atoms with Crippen LogP contribution >= 0.6 is 11.6 Å². The van der Waals surface area contributed by atoms with Gasteiger partial charge in [0.15, 0.2) is 0 Å². The molecule has 0 radical (unpaired) electrons. The maximum Gasteiger partial charge on any atom is 0.271 e. The maximum atomic E-state index is 12.0. The molecule has 0 aliphatic carbocycles. The van der Waals surface area contributed by atoms with Gasteiger partial charge in [0.05, 0.1) is 9.95 Å². The molecule has 8 heteroatoms. The minimum atomic E-state index is -3.80. The Labute approximate surface area is 110 Å². The fourth-order valence-electron chi connectivity index (χ4n) is 1.28. The number of nitrogens with zero attached hydrogens (tertiary/aromatic N) is 1. The smallest absolute Gasteiger partial charge is 0.258 e. The number of hydrogen-bond acceptors (Lipinski definition) is 4. The Hall–Kier alpha value is -1.18. The van der Waals surface area contributed by atoms with Crippen LogP contribution in [0, 0.1) is 10.1 Å². The lowest BCUT2D eigenvalue weighted by molar-refractivity contribution is -0.384. The third kappa shape index (κ3) is 3.66. The third-order valence-electron chi connectivity index (χ3n) is 1.86. The average Bonchev–Trinajstić information content (AvgIpc) is 2.12. The molecule has 1 N–H and O–H groups in total. The number of non-ortho nitro benzene ring substituents is 1. The van der Waals surface area contributed by atoms with Gasteiger partial charge in [0, 0.05) is 17.7 Å². The third-order valence-corrected chi connectivity index (χ3v) is 4.10. The van der Waals surface area contributed by atoms with Gasteiger partial charge in [-0.25, -0.2) is 13.1 Å². The number of hydrogen-bond donors (Lipinski definition) is 1. The molecular weight excluding hydrogens is 280 g/mol. The van der Waals surface area contributed by atoms with Crippen LogP contribution in [0.5, 0.6) is 0 Å². The van der Waals surface area contributed by atoms with Gasteiger partial charge in [0.25, 0.3) is 5.69 Å². The summed E-state index contributed by atoms with van der Waals surface area (Å²) in [5, 5.41) is 10.3. The lowest BCUT2D eigenvalue weighted by Gasteiger charge is -2.20. The molecule has 0 saturated carbocycles. The Bertz CT molecular complexity index is 578. The van der Waals surface area contributed by atoms with Crippen molar-refractivity contribution in [3.8, 4) is 0 Å². The van der Waals surface area contributed by atoms with Crippen molar-refractivity contribution in [1.29, 1.82) is 0 Å². The summed E-state index contributed by atoms with van der Waals surface area (Å²) in [7, 11) is -3.80. The highest BCUT2D eigenvalue weighted by atomic mass is 35.5.